The lowest BCUT2D eigenvalue weighted by molar-refractivity contribution is 0.0502. The molecule has 0 amide bonds. The summed E-state index contributed by atoms with van der Waals surface area (Å²) in [5.41, 5.74) is 6.87. The molecule has 7 heteroatoms. The Morgan fingerprint density at radius 2 is 2.31 bits per heavy atom. The number of rotatable bonds is 1. The minimum Gasteiger partial charge on any atom is -0.391 e. The molecule has 0 unspecified atom stereocenters. The number of nitrogens with two attached hydrogens (primary N) is 1. The monoisotopic (exact) mass is 221 g/mol. The van der Waals surface area contributed by atoms with Crippen molar-refractivity contribution in [2.24, 2.45) is 0 Å². The van der Waals surface area contributed by atoms with E-state index in [-0.39, 0.29) is 6.23 Å². The zero-order valence-electron chi connectivity index (χ0n) is 8.45. The second-order valence-corrected chi connectivity index (χ2v) is 3.76. The van der Waals surface area contributed by atoms with E-state index in [9.17, 15) is 5.11 Å². The van der Waals surface area contributed by atoms with Gasteiger partial charge in [0.1, 0.15) is 18.1 Å². The zero-order valence-corrected chi connectivity index (χ0v) is 8.45. The first-order chi connectivity index (χ1) is 7.75. The summed E-state index contributed by atoms with van der Waals surface area (Å²) in [6.07, 6.45) is 2.88. The Bertz CT molecular complexity index is 526. The van der Waals surface area contributed by atoms with Crippen LogP contribution in [0.15, 0.2) is 12.7 Å². The average molecular weight is 221 g/mol. The van der Waals surface area contributed by atoms with Crippen molar-refractivity contribution in [1.29, 1.82) is 0 Å². The Morgan fingerprint density at radius 3 is 3.06 bits per heavy atom. The van der Waals surface area contributed by atoms with Crippen LogP contribution < -0.4 is 5.73 Å². The van der Waals surface area contributed by atoms with Gasteiger partial charge in [-0.2, -0.15) is 0 Å². The first-order valence-corrected chi connectivity index (χ1v) is 4.98. The third-order valence-corrected chi connectivity index (χ3v) is 2.65. The van der Waals surface area contributed by atoms with Gasteiger partial charge < -0.3 is 15.6 Å². The number of ether oxygens (including phenoxy) is 1. The lowest BCUT2D eigenvalue weighted by Gasteiger charge is -2.10. The molecule has 1 saturated heterocycles. The van der Waals surface area contributed by atoms with Crippen LogP contribution in [0.1, 0.15) is 12.6 Å². The number of fused-ring (bicyclic) bond motifs is 1. The molecule has 3 heterocycles. The average Bonchev–Trinajstić information content (AvgIpc) is 2.84. The Kier molecular flexibility index (Phi) is 2.01. The Balaban J connectivity index is 2.08. The molecule has 1 fully saturated rings. The molecule has 0 aromatic carbocycles. The number of aliphatic hydroxyl groups excluding tert-OH is 1. The van der Waals surface area contributed by atoms with Crippen LogP contribution in [0.4, 0.5) is 5.82 Å². The molecule has 16 heavy (non-hydrogen) atoms. The van der Waals surface area contributed by atoms with Crippen molar-refractivity contribution in [2.75, 3.05) is 12.3 Å². The van der Waals surface area contributed by atoms with Crippen molar-refractivity contribution < 1.29 is 9.84 Å². The molecule has 0 radical (unpaired) electrons. The highest BCUT2D eigenvalue weighted by Gasteiger charge is 2.26. The van der Waals surface area contributed by atoms with E-state index in [0.717, 1.165) is 0 Å². The molecule has 2 atom stereocenters. The molecule has 1 aliphatic heterocycles. The molecule has 1 aliphatic rings. The van der Waals surface area contributed by atoms with Crippen molar-refractivity contribution >= 4 is 17.0 Å². The summed E-state index contributed by atoms with van der Waals surface area (Å²) in [6.45, 7) is 0.338. The molecule has 3 rings (SSSR count). The van der Waals surface area contributed by atoms with E-state index in [4.69, 9.17) is 10.5 Å². The van der Waals surface area contributed by atoms with Gasteiger partial charge in [0.25, 0.3) is 0 Å². The predicted molar refractivity (Wildman–Crippen MR) is 55.3 cm³/mol. The standard InChI is InChI=1S/C9H11N5O2/c10-8-7-9(12-3-11-8)14(4-13-7)6-1-5(15)2-16-6/h3-6,15H,1-2H2,(H2,10,11,12)/t5-,6-/m1/s1. The lowest BCUT2D eigenvalue weighted by atomic mass is 10.3. The van der Waals surface area contributed by atoms with Gasteiger partial charge in [0.15, 0.2) is 11.5 Å². The van der Waals surface area contributed by atoms with Crippen molar-refractivity contribution in [3.8, 4) is 0 Å². The smallest absolute Gasteiger partial charge is 0.167 e. The van der Waals surface area contributed by atoms with Gasteiger partial charge in [0, 0.05) is 6.42 Å². The van der Waals surface area contributed by atoms with E-state index in [1.807, 2.05) is 0 Å². The highest BCUT2D eigenvalue weighted by atomic mass is 16.5. The van der Waals surface area contributed by atoms with Gasteiger partial charge in [-0.1, -0.05) is 0 Å². The quantitative estimate of drug-likeness (QED) is 0.685. The van der Waals surface area contributed by atoms with Gasteiger partial charge >= 0.3 is 0 Å². The highest BCUT2D eigenvalue weighted by molar-refractivity contribution is 5.81. The molecule has 0 saturated carbocycles. The molecule has 3 N–H and O–H groups in total. The number of hydrogen-bond acceptors (Lipinski definition) is 6. The fourth-order valence-electron chi connectivity index (χ4n) is 1.87. The van der Waals surface area contributed by atoms with Crippen LogP contribution in [-0.2, 0) is 4.74 Å². The summed E-state index contributed by atoms with van der Waals surface area (Å²) >= 11 is 0. The molecule has 0 bridgehead atoms. The van der Waals surface area contributed by atoms with Gasteiger partial charge in [-0.05, 0) is 0 Å². The minimum absolute atomic E-state index is 0.228. The first kappa shape index (κ1) is 9.49. The van der Waals surface area contributed by atoms with Gasteiger partial charge in [0.05, 0.1) is 19.0 Å². The number of imidazole rings is 1. The molecule has 2 aromatic heterocycles. The van der Waals surface area contributed by atoms with Crippen molar-refractivity contribution in [3.63, 3.8) is 0 Å². The van der Waals surface area contributed by atoms with Crippen LogP contribution in [0.5, 0.6) is 0 Å². The summed E-state index contributed by atoms with van der Waals surface area (Å²) in [5, 5.41) is 9.41. The summed E-state index contributed by atoms with van der Waals surface area (Å²) in [4.78, 5) is 12.1. The topological polar surface area (TPSA) is 99.1 Å². The fraction of sp³-hybridized carbons (Fsp3) is 0.444. The fourth-order valence-corrected chi connectivity index (χ4v) is 1.87. The van der Waals surface area contributed by atoms with Crippen LogP contribution >= 0.6 is 0 Å². The summed E-state index contributed by atoms with van der Waals surface area (Å²) in [6, 6.07) is 0. The third-order valence-electron chi connectivity index (χ3n) is 2.65. The second kappa shape index (κ2) is 3.39. The summed E-state index contributed by atoms with van der Waals surface area (Å²) < 4.78 is 7.20. The minimum atomic E-state index is -0.429. The van der Waals surface area contributed by atoms with E-state index in [0.29, 0.717) is 30.0 Å². The number of aliphatic hydroxyl groups is 1. The molecule has 7 nitrogen and oxygen atoms in total. The van der Waals surface area contributed by atoms with Crippen LogP contribution in [0.2, 0.25) is 0 Å². The molecule has 84 valence electrons. The van der Waals surface area contributed by atoms with Crippen LogP contribution in [0.25, 0.3) is 11.2 Å². The van der Waals surface area contributed by atoms with E-state index in [1.165, 1.54) is 6.33 Å². The Morgan fingerprint density at radius 1 is 1.44 bits per heavy atom. The maximum absolute atomic E-state index is 9.41. The van der Waals surface area contributed by atoms with Crippen LogP contribution in [-0.4, -0.2) is 37.3 Å². The number of aromatic nitrogens is 4. The van der Waals surface area contributed by atoms with E-state index < -0.39 is 6.10 Å². The van der Waals surface area contributed by atoms with Crippen molar-refractivity contribution in [2.45, 2.75) is 18.8 Å². The molecular formula is C9H11N5O2. The van der Waals surface area contributed by atoms with Crippen molar-refractivity contribution in [3.05, 3.63) is 12.7 Å². The SMILES string of the molecule is Nc1ncnc2c1ncn2[C@H]1C[C@@H](O)CO1. The molecule has 0 aliphatic carbocycles. The normalized spacial score (nSPS) is 25.3. The Labute approximate surface area is 90.9 Å². The molecule has 0 spiro atoms. The maximum atomic E-state index is 9.41. The number of nitrogen functional groups attached to an aromatic ring is 1. The highest BCUT2D eigenvalue weighted by Crippen LogP contribution is 2.27. The first-order valence-electron chi connectivity index (χ1n) is 4.98. The van der Waals surface area contributed by atoms with Crippen molar-refractivity contribution in [1.82, 2.24) is 19.5 Å². The van der Waals surface area contributed by atoms with E-state index in [1.54, 1.807) is 10.9 Å². The van der Waals surface area contributed by atoms with E-state index >= 15 is 0 Å². The van der Waals surface area contributed by atoms with Gasteiger partial charge in [-0.15, -0.1) is 0 Å². The van der Waals surface area contributed by atoms with Gasteiger partial charge in [-0.25, -0.2) is 15.0 Å². The van der Waals surface area contributed by atoms with Crippen LogP contribution in [0.3, 0.4) is 0 Å². The van der Waals surface area contributed by atoms with E-state index in [2.05, 4.69) is 15.0 Å². The number of hydrogen-bond donors (Lipinski definition) is 2. The van der Waals surface area contributed by atoms with Gasteiger partial charge in [-0.3, -0.25) is 4.57 Å². The number of anilines is 1. The summed E-state index contributed by atoms with van der Waals surface area (Å²) in [5.74, 6) is 0.349. The third kappa shape index (κ3) is 1.33. The maximum Gasteiger partial charge on any atom is 0.167 e. The molecule has 2 aromatic rings. The number of nitrogens with zero attached hydrogens (tertiary/aromatic N) is 4. The Hall–Kier alpha value is -1.73. The largest absolute Gasteiger partial charge is 0.391 e. The second-order valence-electron chi connectivity index (χ2n) is 3.76. The summed E-state index contributed by atoms with van der Waals surface area (Å²) in [7, 11) is 0. The lowest BCUT2D eigenvalue weighted by Crippen LogP contribution is -2.08. The predicted octanol–water partition coefficient (Wildman–Crippen LogP) is -0.312. The van der Waals surface area contributed by atoms with Gasteiger partial charge in [0.2, 0.25) is 0 Å². The zero-order chi connectivity index (χ0) is 11.1. The molecular weight excluding hydrogens is 210 g/mol. The van der Waals surface area contributed by atoms with Crippen LogP contribution in [0, 0.1) is 0 Å².